The molecular formula is C21H21N3O4. The third kappa shape index (κ3) is 5.98. The number of carbonyl (C=O) groups excluding carboxylic acids is 2. The fourth-order valence-electron chi connectivity index (χ4n) is 2.47. The number of benzene rings is 2. The fourth-order valence-corrected chi connectivity index (χ4v) is 2.47. The van der Waals surface area contributed by atoms with Crippen molar-refractivity contribution in [2.45, 2.75) is 6.54 Å². The van der Waals surface area contributed by atoms with Crippen LogP contribution < -0.4 is 10.1 Å². The molecule has 1 amide bonds. The van der Waals surface area contributed by atoms with Gasteiger partial charge in [-0.1, -0.05) is 30.3 Å². The smallest absolute Gasteiger partial charge is 0.338 e. The number of hydrogen-bond donors (Lipinski definition) is 1. The Hall–Kier alpha value is -3.61. The van der Waals surface area contributed by atoms with E-state index in [4.69, 9.17) is 9.47 Å². The van der Waals surface area contributed by atoms with Crippen LogP contribution in [0.5, 0.6) is 5.75 Å². The van der Waals surface area contributed by atoms with Crippen molar-refractivity contribution in [1.82, 2.24) is 15.1 Å². The van der Waals surface area contributed by atoms with Crippen LogP contribution in [-0.4, -0.2) is 41.4 Å². The van der Waals surface area contributed by atoms with Crippen LogP contribution in [0.1, 0.15) is 15.9 Å². The maximum absolute atomic E-state index is 12.0. The maximum Gasteiger partial charge on any atom is 0.338 e. The van der Waals surface area contributed by atoms with Gasteiger partial charge in [0, 0.05) is 12.4 Å². The Kier molecular flexibility index (Phi) is 6.78. The molecule has 0 radical (unpaired) electrons. The molecule has 0 atom stereocenters. The van der Waals surface area contributed by atoms with Gasteiger partial charge in [-0.25, -0.2) is 4.79 Å². The van der Waals surface area contributed by atoms with Gasteiger partial charge in [-0.3, -0.25) is 9.48 Å². The van der Waals surface area contributed by atoms with Crippen LogP contribution in [0.3, 0.4) is 0 Å². The van der Waals surface area contributed by atoms with Crippen LogP contribution in [0.25, 0.3) is 0 Å². The molecule has 1 heterocycles. The van der Waals surface area contributed by atoms with Crippen LogP contribution in [0.2, 0.25) is 0 Å². The lowest BCUT2D eigenvalue weighted by Crippen LogP contribution is -2.32. The SMILES string of the molecule is O=C(COC(=O)c1ccc(Cn2cccn2)cc1)NCCOc1ccccc1. The van der Waals surface area contributed by atoms with Gasteiger partial charge in [0.2, 0.25) is 0 Å². The van der Waals surface area contributed by atoms with Gasteiger partial charge in [-0.15, -0.1) is 0 Å². The van der Waals surface area contributed by atoms with Gasteiger partial charge in [0.15, 0.2) is 6.61 Å². The Morgan fingerprint density at radius 2 is 1.79 bits per heavy atom. The largest absolute Gasteiger partial charge is 0.492 e. The van der Waals surface area contributed by atoms with E-state index in [1.165, 1.54) is 0 Å². The minimum absolute atomic E-state index is 0.327. The lowest BCUT2D eigenvalue weighted by Gasteiger charge is -2.08. The number of hydrogen-bond acceptors (Lipinski definition) is 5. The zero-order valence-electron chi connectivity index (χ0n) is 15.3. The average Bonchev–Trinajstić information content (AvgIpc) is 3.24. The molecule has 7 nitrogen and oxygen atoms in total. The molecule has 1 aromatic heterocycles. The Balaban J connectivity index is 1.35. The summed E-state index contributed by atoms with van der Waals surface area (Å²) in [5.74, 6) is -0.180. The third-order valence-corrected chi connectivity index (χ3v) is 3.86. The highest BCUT2D eigenvalue weighted by Crippen LogP contribution is 2.08. The van der Waals surface area contributed by atoms with Gasteiger partial charge in [0.05, 0.1) is 18.7 Å². The molecule has 1 N–H and O–H groups in total. The first-order chi connectivity index (χ1) is 13.7. The van der Waals surface area contributed by atoms with Crippen LogP contribution in [0.15, 0.2) is 73.1 Å². The summed E-state index contributed by atoms with van der Waals surface area (Å²) in [5.41, 5.74) is 1.40. The van der Waals surface area contributed by atoms with Crippen LogP contribution >= 0.6 is 0 Å². The normalized spacial score (nSPS) is 10.3. The summed E-state index contributed by atoms with van der Waals surface area (Å²) in [6.45, 7) is 0.948. The zero-order valence-corrected chi connectivity index (χ0v) is 15.3. The molecule has 3 rings (SSSR count). The van der Waals surface area contributed by atoms with Crippen LogP contribution in [-0.2, 0) is 16.1 Å². The van der Waals surface area contributed by atoms with E-state index >= 15 is 0 Å². The topological polar surface area (TPSA) is 82.5 Å². The molecule has 144 valence electrons. The number of nitrogens with zero attached hydrogens (tertiary/aromatic N) is 2. The summed E-state index contributed by atoms with van der Waals surface area (Å²) in [6, 6.07) is 18.2. The summed E-state index contributed by atoms with van der Waals surface area (Å²) in [4.78, 5) is 23.8. The molecule has 0 saturated carbocycles. The average molecular weight is 379 g/mol. The number of esters is 1. The molecule has 0 spiro atoms. The van der Waals surface area contributed by atoms with Gasteiger partial charge >= 0.3 is 5.97 Å². The predicted octanol–water partition coefficient (Wildman–Crippen LogP) is 2.28. The summed E-state index contributed by atoms with van der Waals surface area (Å²) in [6.07, 6.45) is 3.58. The van der Waals surface area contributed by atoms with Crippen molar-refractivity contribution in [2.24, 2.45) is 0 Å². The van der Waals surface area contributed by atoms with E-state index < -0.39 is 5.97 Å². The second kappa shape index (κ2) is 9.91. The molecule has 2 aromatic carbocycles. The maximum atomic E-state index is 12.0. The van der Waals surface area contributed by atoms with Crippen molar-refractivity contribution >= 4 is 11.9 Å². The van der Waals surface area contributed by atoms with Crippen LogP contribution in [0, 0.1) is 0 Å². The zero-order chi connectivity index (χ0) is 19.6. The van der Waals surface area contributed by atoms with Crippen molar-refractivity contribution in [3.8, 4) is 5.75 Å². The van der Waals surface area contributed by atoms with Crippen LogP contribution in [0.4, 0.5) is 0 Å². The van der Waals surface area contributed by atoms with Crippen molar-refractivity contribution in [2.75, 3.05) is 19.8 Å². The lowest BCUT2D eigenvalue weighted by molar-refractivity contribution is -0.124. The molecule has 28 heavy (non-hydrogen) atoms. The second-order valence-electron chi connectivity index (χ2n) is 5.99. The monoisotopic (exact) mass is 379 g/mol. The lowest BCUT2D eigenvalue weighted by atomic mass is 10.1. The molecule has 0 saturated heterocycles. The van der Waals surface area contributed by atoms with E-state index in [1.54, 1.807) is 23.0 Å². The number of amides is 1. The Morgan fingerprint density at radius 3 is 2.50 bits per heavy atom. The molecular weight excluding hydrogens is 358 g/mol. The first-order valence-corrected chi connectivity index (χ1v) is 8.89. The molecule has 7 heteroatoms. The van der Waals surface area contributed by atoms with Gasteiger partial charge in [-0.05, 0) is 35.9 Å². The summed E-state index contributed by atoms with van der Waals surface area (Å²) in [5, 5.41) is 6.78. The summed E-state index contributed by atoms with van der Waals surface area (Å²) < 4.78 is 12.3. The number of para-hydroxylation sites is 1. The van der Waals surface area contributed by atoms with E-state index in [2.05, 4.69) is 10.4 Å². The molecule has 0 unspecified atom stereocenters. The molecule has 0 aliphatic rings. The number of nitrogens with one attached hydrogen (secondary N) is 1. The number of rotatable bonds is 9. The molecule has 0 fully saturated rings. The Labute approximate surface area is 162 Å². The van der Waals surface area contributed by atoms with E-state index in [-0.39, 0.29) is 12.5 Å². The van der Waals surface area contributed by atoms with Gasteiger partial charge < -0.3 is 14.8 Å². The highest BCUT2D eigenvalue weighted by atomic mass is 16.5. The molecule has 0 aliphatic carbocycles. The van der Waals surface area contributed by atoms with E-state index in [9.17, 15) is 9.59 Å². The number of ether oxygens (including phenoxy) is 2. The quantitative estimate of drug-likeness (QED) is 0.456. The minimum atomic E-state index is -0.540. The first kappa shape index (κ1) is 19.2. The highest BCUT2D eigenvalue weighted by Gasteiger charge is 2.10. The third-order valence-electron chi connectivity index (χ3n) is 3.86. The van der Waals surface area contributed by atoms with E-state index in [1.807, 2.05) is 54.7 Å². The molecule has 0 aliphatic heterocycles. The van der Waals surface area contributed by atoms with Gasteiger partial charge in [0.25, 0.3) is 5.91 Å². The molecule has 0 bridgehead atoms. The predicted molar refractivity (Wildman–Crippen MR) is 103 cm³/mol. The van der Waals surface area contributed by atoms with Crippen molar-refractivity contribution < 1.29 is 19.1 Å². The van der Waals surface area contributed by atoms with Gasteiger partial charge in [-0.2, -0.15) is 5.10 Å². The summed E-state index contributed by atoms with van der Waals surface area (Å²) in [7, 11) is 0. The summed E-state index contributed by atoms with van der Waals surface area (Å²) >= 11 is 0. The second-order valence-corrected chi connectivity index (χ2v) is 5.99. The van der Waals surface area contributed by atoms with Crippen molar-refractivity contribution in [1.29, 1.82) is 0 Å². The fraction of sp³-hybridized carbons (Fsp3) is 0.190. The molecule has 3 aromatic rings. The number of aromatic nitrogens is 2. The van der Waals surface area contributed by atoms with Crippen molar-refractivity contribution in [3.05, 3.63) is 84.2 Å². The van der Waals surface area contributed by atoms with Crippen molar-refractivity contribution in [3.63, 3.8) is 0 Å². The minimum Gasteiger partial charge on any atom is -0.492 e. The standard InChI is InChI=1S/C21H21N3O4/c25-20(22-12-14-27-19-5-2-1-3-6-19)16-28-21(26)18-9-7-17(8-10-18)15-24-13-4-11-23-24/h1-11,13H,12,14-16H2,(H,22,25). The Morgan fingerprint density at radius 1 is 1.00 bits per heavy atom. The Bertz CT molecular complexity index is 878. The van der Waals surface area contributed by atoms with Gasteiger partial charge in [0.1, 0.15) is 12.4 Å². The number of carbonyl (C=O) groups is 2. The first-order valence-electron chi connectivity index (χ1n) is 8.89. The van der Waals surface area contributed by atoms with E-state index in [0.29, 0.717) is 25.3 Å². The highest BCUT2D eigenvalue weighted by molar-refractivity contribution is 5.91. The van der Waals surface area contributed by atoms with E-state index in [0.717, 1.165) is 11.3 Å².